The molecule has 0 radical (unpaired) electrons. The molecule has 0 heterocycles. The third-order valence-corrected chi connectivity index (χ3v) is 2.84. The van der Waals surface area contributed by atoms with Gasteiger partial charge in [0.15, 0.2) is 0 Å². The van der Waals surface area contributed by atoms with Crippen molar-refractivity contribution in [1.29, 1.82) is 0 Å². The molecule has 3 heteroatoms. The Bertz CT molecular complexity index is 410. The standard InChI is InChI=1S/C15H24FNO/c1-10-7-11(2)14(13(8-10)18-6)12(16)9-17-15(3,4)5/h7-8,12,17H,9H2,1-6H3. The quantitative estimate of drug-likeness (QED) is 0.883. The average molecular weight is 253 g/mol. The topological polar surface area (TPSA) is 21.3 Å². The molecule has 0 bridgehead atoms. The Morgan fingerprint density at radius 1 is 1.28 bits per heavy atom. The molecular weight excluding hydrogens is 229 g/mol. The molecule has 2 nitrogen and oxygen atoms in total. The van der Waals surface area contributed by atoms with Crippen molar-refractivity contribution in [3.05, 3.63) is 28.8 Å². The molecule has 0 spiro atoms. The van der Waals surface area contributed by atoms with Crippen LogP contribution >= 0.6 is 0 Å². The Hall–Kier alpha value is -1.09. The van der Waals surface area contributed by atoms with Gasteiger partial charge in [0.25, 0.3) is 0 Å². The largest absolute Gasteiger partial charge is 0.496 e. The van der Waals surface area contributed by atoms with Gasteiger partial charge in [-0.15, -0.1) is 0 Å². The Kier molecular flexibility index (Phi) is 4.74. The highest BCUT2D eigenvalue weighted by Crippen LogP contribution is 2.32. The molecule has 1 N–H and O–H groups in total. The van der Waals surface area contributed by atoms with E-state index in [4.69, 9.17) is 4.74 Å². The van der Waals surface area contributed by atoms with E-state index in [0.29, 0.717) is 17.9 Å². The zero-order chi connectivity index (χ0) is 13.9. The molecule has 0 amide bonds. The fraction of sp³-hybridized carbons (Fsp3) is 0.600. The number of ether oxygens (including phenoxy) is 1. The molecule has 0 aliphatic rings. The van der Waals surface area contributed by atoms with Crippen LogP contribution in [-0.4, -0.2) is 19.2 Å². The van der Waals surface area contributed by atoms with Crippen LogP contribution in [0.1, 0.15) is 43.6 Å². The molecule has 1 rings (SSSR count). The van der Waals surface area contributed by atoms with Gasteiger partial charge in [-0.05, 0) is 51.8 Å². The maximum atomic E-state index is 14.4. The van der Waals surface area contributed by atoms with Crippen LogP contribution in [-0.2, 0) is 0 Å². The van der Waals surface area contributed by atoms with Crippen molar-refractivity contribution in [2.75, 3.05) is 13.7 Å². The molecule has 1 atom stereocenters. The van der Waals surface area contributed by atoms with Gasteiger partial charge in [0.05, 0.1) is 7.11 Å². The highest BCUT2D eigenvalue weighted by atomic mass is 19.1. The van der Waals surface area contributed by atoms with Gasteiger partial charge in [-0.3, -0.25) is 0 Å². The first-order chi connectivity index (χ1) is 8.24. The van der Waals surface area contributed by atoms with E-state index in [0.717, 1.165) is 11.1 Å². The molecule has 1 aromatic rings. The first kappa shape index (κ1) is 15.0. The van der Waals surface area contributed by atoms with Crippen LogP contribution in [0.2, 0.25) is 0 Å². The molecule has 0 aliphatic heterocycles. The lowest BCUT2D eigenvalue weighted by atomic mass is 9.99. The molecule has 0 saturated carbocycles. The normalized spacial score (nSPS) is 13.5. The Morgan fingerprint density at radius 3 is 2.39 bits per heavy atom. The van der Waals surface area contributed by atoms with E-state index in [9.17, 15) is 4.39 Å². The van der Waals surface area contributed by atoms with E-state index in [-0.39, 0.29) is 5.54 Å². The van der Waals surface area contributed by atoms with E-state index in [1.54, 1.807) is 7.11 Å². The second kappa shape index (κ2) is 5.70. The van der Waals surface area contributed by atoms with Crippen molar-refractivity contribution in [2.45, 2.75) is 46.3 Å². The maximum absolute atomic E-state index is 14.4. The zero-order valence-electron chi connectivity index (χ0n) is 12.2. The summed E-state index contributed by atoms with van der Waals surface area (Å²) < 4.78 is 19.7. The molecule has 1 unspecified atom stereocenters. The Morgan fingerprint density at radius 2 is 1.89 bits per heavy atom. The van der Waals surface area contributed by atoms with Crippen LogP contribution in [0.3, 0.4) is 0 Å². The predicted octanol–water partition coefficient (Wildman–Crippen LogP) is 3.71. The van der Waals surface area contributed by atoms with Crippen molar-refractivity contribution >= 4 is 0 Å². The van der Waals surface area contributed by atoms with Crippen LogP contribution in [0, 0.1) is 13.8 Å². The smallest absolute Gasteiger partial charge is 0.141 e. The van der Waals surface area contributed by atoms with Gasteiger partial charge in [-0.1, -0.05) is 6.07 Å². The number of aryl methyl sites for hydroxylation is 2. The van der Waals surface area contributed by atoms with E-state index in [1.165, 1.54) is 0 Å². The average Bonchev–Trinajstić information content (AvgIpc) is 2.23. The molecule has 0 fully saturated rings. The van der Waals surface area contributed by atoms with Crippen LogP contribution in [0.25, 0.3) is 0 Å². The number of methoxy groups -OCH3 is 1. The third-order valence-electron chi connectivity index (χ3n) is 2.84. The lowest BCUT2D eigenvalue weighted by Gasteiger charge is -2.23. The van der Waals surface area contributed by atoms with Gasteiger partial charge in [-0.2, -0.15) is 0 Å². The fourth-order valence-electron chi connectivity index (χ4n) is 2.01. The fourth-order valence-corrected chi connectivity index (χ4v) is 2.01. The van der Waals surface area contributed by atoms with E-state index >= 15 is 0 Å². The van der Waals surface area contributed by atoms with Gasteiger partial charge >= 0.3 is 0 Å². The molecule has 102 valence electrons. The van der Waals surface area contributed by atoms with Crippen molar-refractivity contribution in [2.24, 2.45) is 0 Å². The van der Waals surface area contributed by atoms with E-state index in [2.05, 4.69) is 5.32 Å². The summed E-state index contributed by atoms with van der Waals surface area (Å²) in [6.45, 7) is 10.3. The SMILES string of the molecule is COc1cc(C)cc(C)c1C(F)CNC(C)(C)C. The Balaban J connectivity index is 2.94. The summed E-state index contributed by atoms with van der Waals surface area (Å²) in [5, 5.41) is 3.18. The van der Waals surface area contributed by atoms with Crippen molar-refractivity contribution < 1.29 is 9.13 Å². The predicted molar refractivity (Wildman–Crippen MR) is 74.1 cm³/mol. The number of hydrogen-bond donors (Lipinski definition) is 1. The molecule has 0 aromatic heterocycles. The highest BCUT2D eigenvalue weighted by Gasteiger charge is 2.20. The highest BCUT2D eigenvalue weighted by molar-refractivity contribution is 5.44. The number of nitrogens with one attached hydrogen (secondary N) is 1. The monoisotopic (exact) mass is 253 g/mol. The lowest BCUT2D eigenvalue weighted by molar-refractivity contribution is 0.281. The summed E-state index contributed by atoms with van der Waals surface area (Å²) in [6.07, 6.45) is -1.06. The lowest BCUT2D eigenvalue weighted by Crippen LogP contribution is -2.38. The van der Waals surface area contributed by atoms with Gasteiger partial charge in [0, 0.05) is 17.6 Å². The molecule has 18 heavy (non-hydrogen) atoms. The summed E-state index contributed by atoms with van der Waals surface area (Å²) in [5.41, 5.74) is 2.59. The summed E-state index contributed by atoms with van der Waals surface area (Å²) in [5.74, 6) is 0.635. The minimum absolute atomic E-state index is 0.0871. The minimum atomic E-state index is -1.06. The van der Waals surface area contributed by atoms with Gasteiger partial charge in [0.1, 0.15) is 11.9 Å². The summed E-state index contributed by atoms with van der Waals surface area (Å²) in [6, 6.07) is 3.87. The van der Waals surface area contributed by atoms with Gasteiger partial charge < -0.3 is 10.1 Å². The number of halogens is 1. The van der Waals surface area contributed by atoms with Crippen molar-refractivity contribution in [3.8, 4) is 5.75 Å². The number of hydrogen-bond acceptors (Lipinski definition) is 2. The number of alkyl halides is 1. The molecule has 1 aromatic carbocycles. The molecular formula is C15H24FNO. The first-order valence-corrected chi connectivity index (χ1v) is 6.29. The summed E-state index contributed by atoms with van der Waals surface area (Å²) >= 11 is 0. The molecule has 0 saturated heterocycles. The second-order valence-electron chi connectivity index (χ2n) is 5.80. The second-order valence-corrected chi connectivity index (χ2v) is 5.80. The van der Waals surface area contributed by atoms with Crippen LogP contribution in [0.4, 0.5) is 4.39 Å². The van der Waals surface area contributed by atoms with E-state index in [1.807, 2.05) is 46.8 Å². The maximum Gasteiger partial charge on any atom is 0.141 e. The van der Waals surface area contributed by atoms with Gasteiger partial charge in [0.2, 0.25) is 0 Å². The zero-order valence-corrected chi connectivity index (χ0v) is 12.2. The summed E-state index contributed by atoms with van der Waals surface area (Å²) in [4.78, 5) is 0. The van der Waals surface area contributed by atoms with Crippen molar-refractivity contribution in [3.63, 3.8) is 0 Å². The third kappa shape index (κ3) is 3.98. The number of rotatable bonds is 4. The number of benzene rings is 1. The van der Waals surface area contributed by atoms with Crippen LogP contribution in [0.5, 0.6) is 5.75 Å². The van der Waals surface area contributed by atoms with Crippen molar-refractivity contribution in [1.82, 2.24) is 5.32 Å². The van der Waals surface area contributed by atoms with Crippen LogP contribution in [0.15, 0.2) is 12.1 Å². The minimum Gasteiger partial charge on any atom is -0.496 e. The summed E-state index contributed by atoms with van der Waals surface area (Å²) in [7, 11) is 1.58. The molecule has 0 aliphatic carbocycles. The first-order valence-electron chi connectivity index (χ1n) is 6.29. The Labute approximate surface area is 110 Å². The van der Waals surface area contributed by atoms with Crippen LogP contribution < -0.4 is 10.1 Å². The van der Waals surface area contributed by atoms with E-state index < -0.39 is 6.17 Å². The van der Waals surface area contributed by atoms with Gasteiger partial charge in [-0.25, -0.2) is 4.39 Å².